The zero-order valence-corrected chi connectivity index (χ0v) is 7.43. The molecule has 74 valence electrons. The zero-order valence-electron chi connectivity index (χ0n) is 7.43. The Balaban J connectivity index is 3.97. The number of amides is 1. The molecule has 0 aliphatic heterocycles. The minimum atomic E-state index is -0.542. The van der Waals surface area contributed by atoms with Crippen LogP contribution in [0.15, 0.2) is 12.2 Å². The lowest BCUT2D eigenvalue weighted by Gasteiger charge is -2.13. The highest BCUT2D eigenvalue weighted by Gasteiger charge is 2.05. The van der Waals surface area contributed by atoms with Crippen molar-refractivity contribution in [2.75, 3.05) is 13.5 Å². The topological polar surface area (TPSA) is 77.8 Å². The van der Waals surface area contributed by atoms with Crippen molar-refractivity contribution in [1.82, 2.24) is 4.90 Å². The lowest BCUT2D eigenvalue weighted by Crippen LogP contribution is -2.31. The molecule has 0 aromatic rings. The predicted molar refractivity (Wildman–Crippen MR) is 45.5 cm³/mol. The quantitative estimate of drug-likeness (QED) is 0.438. The molecule has 0 radical (unpaired) electrons. The number of aliphatic hydroxyl groups excluding tert-OH is 2. The molecular weight excluding hydrogens is 174 g/mol. The summed E-state index contributed by atoms with van der Waals surface area (Å²) < 4.78 is 0. The van der Waals surface area contributed by atoms with Crippen molar-refractivity contribution in [3.63, 3.8) is 0 Å². The maximum atomic E-state index is 11.0. The molecule has 0 heterocycles. The molecule has 0 bridgehead atoms. The van der Waals surface area contributed by atoms with Crippen LogP contribution >= 0.6 is 0 Å². The lowest BCUT2D eigenvalue weighted by molar-refractivity contribution is -0.134. The fraction of sp³-hybridized carbons (Fsp3) is 0.500. The van der Waals surface area contributed by atoms with Gasteiger partial charge < -0.3 is 10.2 Å². The lowest BCUT2D eigenvalue weighted by atomic mass is 10.3. The van der Waals surface area contributed by atoms with Crippen LogP contribution in [0.25, 0.3) is 0 Å². The van der Waals surface area contributed by atoms with E-state index in [2.05, 4.69) is 0 Å². The second-order valence-electron chi connectivity index (χ2n) is 2.47. The molecule has 0 saturated carbocycles. The van der Waals surface area contributed by atoms with Gasteiger partial charge in [0.1, 0.15) is 19.2 Å². The molecule has 0 aliphatic rings. The summed E-state index contributed by atoms with van der Waals surface area (Å²) in [5.41, 5.74) is 0. The molecule has 0 spiro atoms. The van der Waals surface area contributed by atoms with Crippen molar-refractivity contribution in [3.05, 3.63) is 12.2 Å². The average molecular weight is 187 g/mol. The predicted octanol–water partition coefficient (Wildman–Crippen LogP) is -0.750. The molecule has 5 heteroatoms. The maximum Gasteiger partial charge on any atom is 0.249 e. The largest absolute Gasteiger partial charge is 0.376 e. The number of carbonyl (C=O) groups excluding carboxylic acids is 2. The molecule has 0 fully saturated rings. The second-order valence-corrected chi connectivity index (χ2v) is 2.47. The summed E-state index contributed by atoms with van der Waals surface area (Å²) in [7, 11) is 0. The molecule has 0 unspecified atom stereocenters. The van der Waals surface area contributed by atoms with Gasteiger partial charge in [0.25, 0.3) is 0 Å². The van der Waals surface area contributed by atoms with E-state index in [1.807, 2.05) is 0 Å². The first-order valence-electron chi connectivity index (χ1n) is 3.78. The van der Waals surface area contributed by atoms with Crippen LogP contribution in [0, 0.1) is 0 Å². The third kappa shape index (κ3) is 5.10. The van der Waals surface area contributed by atoms with E-state index in [1.54, 1.807) is 0 Å². The number of hydrogen-bond donors (Lipinski definition) is 2. The van der Waals surface area contributed by atoms with Crippen molar-refractivity contribution in [3.8, 4) is 0 Å². The highest BCUT2D eigenvalue weighted by Crippen LogP contribution is 1.90. The summed E-state index contributed by atoms with van der Waals surface area (Å²) in [4.78, 5) is 22.3. The first-order valence-corrected chi connectivity index (χ1v) is 3.78. The molecular formula is C8H13NO4. The number of rotatable bonds is 5. The van der Waals surface area contributed by atoms with E-state index >= 15 is 0 Å². The minimum absolute atomic E-state index is 0.0522. The van der Waals surface area contributed by atoms with E-state index in [1.165, 1.54) is 13.0 Å². The Morgan fingerprint density at radius 3 is 2.23 bits per heavy atom. The van der Waals surface area contributed by atoms with Crippen LogP contribution in [0.3, 0.4) is 0 Å². The minimum Gasteiger partial charge on any atom is -0.376 e. The highest BCUT2D eigenvalue weighted by atomic mass is 16.3. The Labute approximate surface area is 76.3 Å². The molecule has 2 N–H and O–H groups in total. The Morgan fingerprint density at radius 1 is 1.31 bits per heavy atom. The Hall–Kier alpha value is -1.20. The van der Waals surface area contributed by atoms with E-state index in [0.717, 1.165) is 11.0 Å². The summed E-state index contributed by atoms with van der Waals surface area (Å²) >= 11 is 0. The van der Waals surface area contributed by atoms with Gasteiger partial charge in [-0.2, -0.15) is 0 Å². The summed E-state index contributed by atoms with van der Waals surface area (Å²) in [6.07, 6.45) is 2.72. The van der Waals surface area contributed by atoms with E-state index in [4.69, 9.17) is 10.2 Å². The van der Waals surface area contributed by atoms with Crippen molar-refractivity contribution in [2.24, 2.45) is 0 Å². The summed E-state index contributed by atoms with van der Waals surface area (Å²) in [5.74, 6) is -0.574. The monoisotopic (exact) mass is 187 g/mol. The molecule has 0 saturated heterocycles. The maximum absolute atomic E-state index is 11.0. The van der Waals surface area contributed by atoms with E-state index in [9.17, 15) is 9.59 Å². The molecule has 5 nitrogen and oxygen atoms in total. The van der Waals surface area contributed by atoms with Crippen molar-refractivity contribution in [2.45, 2.75) is 13.3 Å². The Morgan fingerprint density at radius 2 is 1.85 bits per heavy atom. The van der Waals surface area contributed by atoms with Crippen molar-refractivity contribution < 1.29 is 19.8 Å². The second kappa shape index (κ2) is 6.33. The van der Waals surface area contributed by atoms with Crippen molar-refractivity contribution in [1.29, 1.82) is 0 Å². The van der Waals surface area contributed by atoms with Gasteiger partial charge in [-0.3, -0.25) is 14.5 Å². The van der Waals surface area contributed by atoms with Crippen LogP contribution in [-0.2, 0) is 9.59 Å². The van der Waals surface area contributed by atoms with Gasteiger partial charge in [0, 0.05) is 6.42 Å². The molecule has 13 heavy (non-hydrogen) atoms. The number of carbonyl (C=O) groups is 2. The molecule has 0 aliphatic carbocycles. The van der Waals surface area contributed by atoms with Crippen LogP contribution in [0.1, 0.15) is 13.3 Å². The van der Waals surface area contributed by atoms with Crippen molar-refractivity contribution >= 4 is 11.7 Å². The van der Waals surface area contributed by atoms with Crippen LogP contribution in [0.4, 0.5) is 0 Å². The fourth-order valence-electron chi connectivity index (χ4n) is 0.615. The standard InChI is InChI=1S/C8H13NO4/c1-7(12)3-2-4-8(13)9(5-10)6-11/h2,4,10-11H,3,5-6H2,1H3. The number of aliphatic hydroxyl groups is 2. The summed E-state index contributed by atoms with van der Waals surface area (Å²) in [5, 5.41) is 17.1. The zero-order chi connectivity index (χ0) is 10.3. The number of allylic oxidation sites excluding steroid dienone is 1. The van der Waals surface area contributed by atoms with E-state index < -0.39 is 19.4 Å². The molecule has 0 aromatic carbocycles. The number of nitrogens with zero attached hydrogens (tertiary/aromatic N) is 1. The molecule has 1 amide bonds. The third-order valence-corrected chi connectivity index (χ3v) is 1.32. The van der Waals surface area contributed by atoms with Crippen LogP contribution in [0.2, 0.25) is 0 Å². The summed E-state index contributed by atoms with van der Waals surface area (Å²) in [6, 6.07) is 0. The molecule has 0 rings (SSSR count). The number of Topliss-reactive ketones (excluding diaryl/α,β-unsaturated/α-hetero) is 1. The van der Waals surface area contributed by atoms with Gasteiger partial charge in [-0.25, -0.2) is 0 Å². The molecule has 0 aromatic heterocycles. The number of ketones is 1. The van der Waals surface area contributed by atoms with E-state index in [0.29, 0.717) is 0 Å². The van der Waals surface area contributed by atoms with Gasteiger partial charge in [0.05, 0.1) is 0 Å². The van der Waals surface area contributed by atoms with Gasteiger partial charge in [-0.1, -0.05) is 6.08 Å². The average Bonchev–Trinajstić information content (AvgIpc) is 2.05. The first kappa shape index (κ1) is 11.8. The SMILES string of the molecule is CC(=O)CC=CC(=O)N(CO)CO. The van der Waals surface area contributed by atoms with E-state index in [-0.39, 0.29) is 12.2 Å². The van der Waals surface area contributed by atoms with Crippen LogP contribution in [-0.4, -0.2) is 40.3 Å². The van der Waals surface area contributed by atoms with Gasteiger partial charge in [0.2, 0.25) is 5.91 Å². The normalized spacial score (nSPS) is 10.4. The summed E-state index contributed by atoms with van der Waals surface area (Å²) in [6.45, 7) is 0.324. The van der Waals surface area contributed by atoms with Gasteiger partial charge in [0.15, 0.2) is 0 Å². The smallest absolute Gasteiger partial charge is 0.249 e. The van der Waals surface area contributed by atoms with Crippen LogP contribution in [0.5, 0.6) is 0 Å². The highest BCUT2D eigenvalue weighted by molar-refractivity contribution is 5.88. The van der Waals surface area contributed by atoms with Crippen LogP contribution < -0.4 is 0 Å². The van der Waals surface area contributed by atoms with Gasteiger partial charge in [-0.15, -0.1) is 0 Å². The molecule has 0 atom stereocenters. The van der Waals surface area contributed by atoms with Gasteiger partial charge >= 0.3 is 0 Å². The first-order chi connectivity index (χ1) is 6.11. The Kier molecular flexibility index (Phi) is 5.75. The number of hydrogen-bond acceptors (Lipinski definition) is 4. The Bertz CT molecular complexity index is 208. The fourth-order valence-corrected chi connectivity index (χ4v) is 0.615. The third-order valence-electron chi connectivity index (χ3n) is 1.32. The van der Waals surface area contributed by atoms with Gasteiger partial charge in [-0.05, 0) is 13.0 Å².